The fourth-order valence-electron chi connectivity index (χ4n) is 1.81. The molecule has 0 unspecified atom stereocenters. The second-order valence-corrected chi connectivity index (χ2v) is 4.22. The molecule has 0 atom stereocenters. The van der Waals surface area contributed by atoms with Crippen molar-refractivity contribution in [2.75, 3.05) is 32.2 Å². The number of carbonyl (C=O) groups is 2. The number of amides is 1. The summed E-state index contributed by atoms with van der Waals surface area (Å²) in [6.07, 6.45) is 0. The number of nitrogens with zero attached hydrogens (tertiary/aromatic N) is 1. The standard InChI is InChI=1S/C13H16N2O4/c1-15-10-5-9(6-14-7-13(17)18-2)3-4-11(10)19-8-12(15)16/h3-5,14H,6-8H2,1-2H3. The topological polar surface area (TPSA) is 67.9 Å². The highest BCUT2D eigenvalue weighted by Gasteiger charge is 2.22. The zero-order valence-corrected chi connectivity index (χ0v) is 10.9. The van der Waals surface area contributed by atoms with E-state index in [1.165, 1.54) is 7.11 Å². The summed E-state index contributed by atoms with van der Waals surface area (Å²) in [5, 5.41) is 2.97. The van der Waals surface area contributed by atoms with Gasteiger partial charge in [0.05, 0.1) is 19.3 Å². The number of ether oxygens (including phenoxy) is 2. The highest BCUT2D eigenvalue weighted by Crippen LogP contribution is 2.31. The number of hydrogen-bond donors (Lipinski definition) is 1. The molecule has 19 heavy (non-hydrogen) atoms. The second kappa shape index (κ2) is 5.71. The predicted octanol–water partition coefficient (Wildman–Crippen LogP) is 0.304. The number of fused-ring (bicyclic) bond motifs is 1. The maximum atomic E-state index is 11.5. The van der Waals surface area contributed by atoms with Gasteiger partial charge in [0.1, 0.15) is 5.75 Å². The molecule has 6 nitrogen and oxygen atoms in total. The molecule has 1 aliphatic rings. The molecule has 0 bridgehead atoms. The number of likely N-dealkylation sites (N-methyl/N-ethyl adjacent to an activating group) is 1. The van der Waals surface area contributed by atoms with Crippen LogP contribution in [-0.4, -0.2) is 39.2 Å². The van der Waals surface area contributed by atoms with E-state index in [2.05, 4.69) is 10.1 Å². The largest absolute Gasteiger partial charge is 0.482 e. The van der Waals surface area contributed by atoms with Crippen LogP contribution in [0.3, 0.4) is 0 Å². The first kappa shape index (κ1) is 13.4. The van der Waals surface area contributed by atoms with Crippen molar-refractivity contribution in [3.05, 3.63) is 23.8 Å². The minimum Gasteiger partial charge on any atom is -0.482 e. The van der Waals surface area contributed by atoms with E-state index in [1.54, 1.807) is 11.9 Å². The Morgan fingerprint density at radius 1 is 1.53 bits per heavy atom. The number of rotatable bonds is 4. The molecule has 1 aromatic carbocycles. The molecule has 0 radical (unpaired) electrons. The molecular formula is C13H16N2O4. The van der Waals surface area contributed by atoms with Gasteiger partial charge in [-0.25, -0.2) is 0 Å². The molecule has 102 valence electrons. The lowest BCUT2D eigenvalue weighted by Gasteiger charge is -2.26. The molecular weight excluding hydrogens is 248 g/mol. The van der Waals surface area contributed by atoms with Gasteiger partial charge in [0.25, 0.3) is 5.91 Å². The van der Waals surface area contributed by atoms with Crippen LogP contribution in [0, 0.1) is 0 Å². The monoisotopic (exact) mass is 264 g/mol. The molecule has 2 rings (SSSR count). The zero-order chi connectivity index (χ0) is 13.8. The molecule has 0 spiro atoms. The van der Waals surface area contributed by atoms with Crippen molar-refractivity contribution < 1.29 is 19.1 Å². The summed E-state index contributed by atoms with van der Waals surface area (Å²) in [7, 11) is 3.07. The number of anilines is 1. The van der Waals surface area contributed by atoms with Gasteiger partial charge in [0, 0.05) is 13.6 Å². The van der Waals surface area contributed by atoms with Crippen LogP contribution in [0.5, 0.6) is 5.75 Å². The lowest BCUT2D eigenvalue weighted by molar-refractivity contribution is -0.139. The van der Waals surface area contributed by atoms with Gasteiger partial charge in [0.2, 0.25) is 0 Å². The highest BCUT2D eigenvalue weighted by molar-refractivity contribution is 5.97. The van der Waals surface area contributed by atoms with Gasteiger partial charge >= 0.3 is 5.97 Å². The Hall–Kier alpha value is -2.08. The second-order valence-electron chi connectivity index (χ2n) is 4.22. The van der Waals surface area contributed by atoms with E-state index in [0.717, 1.165) is 11.3 Å². The molecule has 1 amide bonds. The summed E-state index contributed by atoms with van der Waals surface area (Å²) >= 11 is 0. The number of nitrogens with one attached hydrogen (secondary N) is 1. The minimum absolute atomic E-state index is 0.0729. The van der Waals surface area contributed by atoms with E-state index in [1.807, 2.05) is 18.2 Å². The lowest BCUT2D eigenvalue weighted by Crippen LogP contribution is -2.35. The number of carbonyl (C=O) groups excluding carboxylic acids is 2. The van der Waals surface area contributed by atoms with Crippen LogP contribution in [-0.2, 0) is 20.9 Å². The Labute approximate surface area is 111 Å². The van der Waals surface area contributed by atoms with Gasteiger partial charge in [-0.15, -0.1) is 0 Å². The van der Waals surface area contributed by atoms with Gasteiger partial charge in [-0.1, -0.05) is 6.07 Å². The summed E-state index contributed by atoms with van der Waals surface area (Å²) in [5.41, 5.74) is 1.71. The van der Waals surface area contributed by atoms with Gasteiger partial charge < -0.3 is 19.7 Å². The van der Waals surface area contributed by atoms with Crippen molar-refractivity contribution in [3.63, 3.8) is 0 Å². The van der Waals surface area contributed by atoms with Crippen LogP contribution < -0.4 is 15.0 Å². The van der Waals surface area contributed by atoms with Gasteiger partial charge in [0.15, 0.2) is 6.61 Å². The fraction of sp³-hybridized carbons (Fsp3) is 0.385. The molecule has 1 aliphatic heterocycles. The molecule has 0 saturated heterocycles. The van der Waals surface area contributed by atoms with E-state index in [4.69, 9.17) is 4.74 Å². The van der Waals surface area contributed by atoms with Crippen molar-refractivity contribution in [2.24, 2.45) is 0 Å². The van der Waals surface area contributed by atoms with Gasteiger partial charge in [-0.05, 0) is 17.7 Å². The van der Waals surface area contributed by atoms with Crippen molar-refractivity contribution >= 4 is 17.6 Å². The van der Waals surface area contributed by atoms with Crippen molar-refractivity contribution in [1.29, 1.82) is 0 Å². The van der Waals surface area contributed by atoms with E-state index in [-0.39, 0.29) is 25.0 Å². The first-order valence-corrected chi connectivity index (χ1v) is 5.91. The minimum atomic E-state index is -0.311. The molecule has 6 heteroatoms. The van der Waals surface area contributed by atoms with Crippen molar-refractivity contribution in [1.82, 2.24) is 5.32 Å². The molecule has 0 fully saturated rings. The molecule has 1 aromatic rings. The Bertz CT molecular complexity index is 501. The zero-order valence-electron chi connectivity index (χ0n) is 10.9. The smallest absolute Gasteiger partial charge is 0.319 e. The van der Waals surface area contributed by atoms with E-state index in [0.29, 0.717) is 12.3 Å². The highest BCUT2D eigenvalue weighted by atomic mass is 16.5. The van der Waals surface area contributed by atoms with Crippen LogP contribution in [0.4, 0.5) is 5.69 Å². The third kappa shape index (κ3) is 3.03. The van der Waals surface area contributed by atoms with Crippen molar-refractivity contribution in [3.8, 4) is 5.75 Å². The van der Waals surface area contributed by atoms with E-state index < -0.39 is 0 Å². The third-order valence-electron chi connectivity index (χ3n) is 2.94. The van der Waals surface area contributed by atoms with Crippen LogP contribution in [0.2, 0.25) is 0 Å². The Morgan fingerprint density at radius 2 is 2.32 bits per heavy atom. The Balaban J connectivity index is 2.04. The molecule has 0 saturated carbocycles. The summed E-state index contributed by atoms with van der Waals surface area (Å²) < 4.78 is 9.87. The Kier molecular flexibility index (Phi) is 4.01. The SMILES string of the molecule is COC(=O)CNCc1ccc2c(c1)N(C)C(=O)CO2. The average molecular weight is 264 g/mol. The summed E-state index contributed by atoms with van der Waals surface area (Å²) in [5.74, 6) is 0.305. The summed E-state index contributed by atoms with van der Waals surface area (Å²) in [6, 6.07) is 5.59. The Morgan fingerprint density at radius 3 is 3.05 bits per heavy atom. The molecule has 1 heterocycles. The molecule has 0 aliphatic carbocycles. The van der Waals surface area contributed by atoms with Crippen LogP contribution in [0.15, 0.2) is 18.2 Å². The van der Waals surface area contributed by atoms with Crippen molar-refractivity contribution in [2.45, 2.75) is 6.54 Å². The number of esters is 1. The fourth-order valence-corrected chi connectivity index (χ4v) is 1.81. The van der Waals surface area contributed by atoms with Gasteiger partial charge in [-0.3, -0.25) is 9.59 Å². The van der Waals surface area contributed by atoms with Crippen LogP contribution in [0.1, 0.15) is 5.56 Å². The van der Waals surface area contributed by atoms with Crippen LogP contribution >= 0.6 is 0 Å². The van der Waals surface area contributed by atoms with Gasteiger partial charge in [-0.2, -0.15) is 0 Å². The lowest BCUT2D eigenvalue weighted by atomic mass is 10.1. The molecule has 0 aromatic heterocycles. The summed E-state index contributed by atoms with van der Waals surface area (Å²) in [4.78, 5) is 24.1. The number of methoxy groups -OCH3 is 1. The number of hydrogen-bond acceptors (Lipinski definition) is 5. The average Bonchev–Trinajstić information content (AvgIpc) is 2.43. The normalized spacial score (nSPS) is 13.8. The predicted molar refractivity (Wildman–Crippen MR) is 69.1 cm³/mol. The maximum Gasteiger partial charge on any atom is 0.319 e. The maximum absolute atomic E-state index is 11.5. The first-order chi connectivity index (χ1) is 9.11. The van der Waals surface area contributed by atoms with E-state index in [9.17, 15) is 9.59 Å². The summed E-state index contributed by atoms with van der Waals surface area (Å²) in [6.45, 7) is 0.743. The molecule has 1 N–H and O–H groups in total. The number of benzene rings is 1. The quantitative estimate of drug-likeness (QED) is 0.792. The first-order valence-electron chi connectivity index (χ1n) is 5.91. The van der Waals surface area contributed by atoms with Crippen LogP contribution in [0.25, 0.3) is 0 Å². The third-order valence-corrected chi connectivity index (χ3v) is 2.94. The van der Waals surface area contributed by atoms with E-state index >= 15 is 0 Å².